The Balaban J connectivity index is 2.02. The molecule has 0 fully saturated rings. The summed E-state index contributed by atoms with van der Waals surface area (Å²) in [6.45, 7) is 1.91. The van der Waals surface area contributed by atoms with E-state index in [4.69, 9.17) is 4.98 Å². The first-order valence-corrected chi connectivity index (χ1v) is 8.87. The van der Waals surface area contributed by atoms with Gasteiger partial charge in [0.25, 0.3) is 0 Å². The summed E-state index contributed by atoms with van der Waals surface area (Å²) in [4.78, 5) is 9.38. The van der Waals surface area contributed by atoms with Crippen LogP contribution in [-0.2, 0) is 6.42 Å². The van der Waals surface area contributed by atoms with E-state index in [0.29, 0.717) is 17.0 Å². The van der Waals surface area contributed by atoms with E-state index >= 15 is 0 Å². The van der Waals surface area contributed by atoms with Crippen LogP contribution in [0.5, 0.6) is 0 Å². The Morgan fingerprint density at radius 1 is 0.929 bits per heavy atom. The maximum Gasteiger partial charge on any atom is 0.157 e. The van der Waals surface area contributed by atoms with Crippen LogP contribution in [-0.4, -0.2) is 18.9 Å². The van der Waals surface area contributed by atoms with Crippen LogP contribution in [0.2, 0.25) is 0 Å². The van der Waals surface area contributed by atoms with Crippen LogP contribution in [0.25, 0.3) is 33.5 Å². The van der Waals surface area contributed by atoms with Gasteiger partial charge in [0.15, 0.2) is 5.65 Å². The molecule has 0 saturated carbocycles. The van der Waals surface area contributed by atoms with Gasteiger partial charge in [-0.25, -0.2) is 9.97 Å². The number of benzene rings is 2. The Hall–Kier alpha value is -4.16. The first-order chi connectivity index (χ1) is 13.7. The third kappa shape index (κ3) is 2.12. The van der Waals surface area contributed by atoms with E-state index in [1.54, 1.807) is 0 Å². The van der Waals surface area contributed by atoms with E-state index in [-0.39, 0.29) is 6.42 Å². The first kappa shape index (κ1) is 16.0. The number of rotatable bonds is 2. The normalized spacial score (nSPS) is 11.1. The van der Waals surface area contributed by atoms with Gasteiger partial charge < -0.3 is 0 Å². The smallest absolute Gasteiger partial charge is 0.157 e. The van der Waals surface area contributed by atoms with Gasteiger partial charge in [-0.15, -0.1) is 0 Å². The minimum atomic E-state index is 0.182. The molecule has 0 saturated heterocycles. The molecule has 0 atom stereocenters. The van der Waals surface area contributed by atoms with Crippen molar-refractivity contribution >= 4 is 27.7 Å². The molecule has 0 N–H and O–H groups in total. The van der Waals surface area contributed by atoms with Gasteiger partial charge in [0.2, 0.25) is 0 Å². The number of imidazole rings is 2. The van der Waals surface area contributed by atoms with E-state index < -0.39 is 0 Å². The molecule has 0 aliphatic heterocycles. The Kier molecular flexibility index (Phi) is 3.40. The predicted molar refractivity (Wildman–Crippen MR) is 106 cm³/mol. The summed E-state index contributed by atoms with van der Waals surface area (Å²) < 4.78 is 3.98. The van der Waals surface area contributed by atoms with Crippen LogP contribution < -0.4 is 0 Å². The van der Waals surface area contributed by atoms with Gasteiger partial charge >= 0.3 is 0 Å². The lowest BCUT2D eigenvalue weighted by Gasteiger charge is -2.13. The van der Waals surface area contributed by atoms with Crippen molar-refractivity contribution in [1.29, 1.82) is 10.5 Å². The molecule has 0 unspecified atom stereocenters. The van der Waals surface area contributed by atoms with Crippen molar-refractivity contribution in [2.24, 2.45) is 0 Å². The highest BCUT2D eigenvalue weighted by atomic mass is 15.2. The highest BCUT2D eigenvalue weighted by Gasteiger charge is 2.20. The summed E-state index contributed by atoms with van der Waals surface area (Å²) in [7, 11) is 0. The topological polar surface area (TPSA) is 82.7 Å². The van der Waals surface area contributed by atoms with Crippen molar-refractivity contribution in [2.45, 2.75) is 13.3 Å². The number of nitrogens with zero attached hydrogens (tertiary/aromatic N) is 6. The summed E-state index contributed by atoms with van der Waals surface area (Å²) in [5.41, 5.74) is 5.46. The monoisotopic (exact) mass is 362 g/mol. The van der Waals surface area contributed by atoms with Gasteiger partial charge in [-0.1, -0.05) is 24.3 Å². The number of pyridine rings is 1. The van der Waals surface area contributed by atoms with Crippen molar-refractivity contribution in [2.75, 3.05) is 0 Å². The Morgan fingerprint density at radius 2 is 1.61 bits per heavy atom. The van der Waals surface area contributed by atoms with Gasteiger partial charge in [0.1, 0.15) is 17.7 Å². The number of para-hydroxylation sites is 4. The van der Waals surface area contributed by atoms with E-state index in [1.165, 1.54) is 0 Å². The largest absolute Gasteiger partial charge is 0.281 e. The second kappa shape index (κ2) is 5.94. The number of aryl methyl sites for hydroxylation is 1. The van der Waals surface area contributed by atoms with Crippen LogP contribution in [0.3, 0.4) is 0 Å². The molecule has 2 aromatic carbocycles. The van der Waals surface area contributed by atoms with E-state index in [0.717, 1.165) is 33.4 Å². The quantitative estimate of drug-likeness (QED) is 0.474. The highest BCUT2D eigenvalue weighted by Crippen LogP contribution is 2.29. The summed E-state index contributed by atoms with van der Waals surface area (Å²) >= 11 is 0. The zero-order chi connectivity index (χ0) is 19.3. The number of hydrogen-bond donors (Lipinski definition) is 0. The molecule has 0 aliphatic carbocycles. The summed E-state index contributed by atoms with van der Waals surface area (Å²) in [5.74, 6) is 1.48. The minimum Gasteiger partial charge on any atom is -0.281 e. The molecule has 5 rings (SSSR count). The maximum absolute atomic E-state index is 9.71. The van der Waals surface area contributed by atoms with E-state index in [1.807, 2.05) is 70.5 Å². The zero-order valence-corrected chi connectivity index (χ0v) is 15.1. The molecule has 3 heterocycles. The van der Waals surface area contributed by atoms with E-state index in [9.17, 15) is 10.5 Å². The second-order valence-electron chi connectivity index (χ2n) is 6.62. The molecule has 3 aromatic heterocycles. The maximum atomic E-state index is 9.71. The Bertz CT molecular complexity index is 1470. The fourth-order valence-electron chi connectivity index (χ4n) is 3.76. The van der Waals surface area contributed by atoms with Crippen molar-refractivity contribution in [3.8, 4) is 18.0 Å². The average Bonchev–Trinajstić information content (AvgIpc) is 3.26. The van der Waals surface area contributed by atoms with Crippen LogP contribution in [0, 0.1) is 29.6 Å². The van der Waals surface area contributed by atoms with Crippen molar-refractivity contribution in [3.63, 3.8) is 0 Å². The molecule has 28 heavy (non-hydrogen) atoms. The van der Waals surface area contributed by atoms with Crippen molar-refractivity contribution in [3.05, 3.63) is 71.5 Å². The zero-order valence-electron chi connectivity index (χ0n) is 15.1. The van der Waals surface area contributed by atoms with Crippen molar-refractivity contribution < 1.29 is 0 Å². The molecule has 5 aromatic rings. The summed E-state index contributed by atoms with van der Waals surface area (Å²) in [5, 5.41) is 19.0. The van der Waals surface area contributed by atoms with Crippen molar-refractivity contribution in [1.82, 2.24) is 18.9 Å². The van der Waals surface area contributed by atoms with Crippen LogP contribution in [0.15, 0.2) is 54.6 Å². The molecule has 0 spiro atoms. The van der Waals surface area contributed by atoms with Crippen LogP contribution in [0.1, 0.15) is 17.0 Å². The first-order valence-electron chi connectivity index (χ1n) is 8.87. The molecule has 132 valence electrons. The van der Waals surface area contributed by atoms with E-state index in [2.05, 4.69) is 17.1 Å². The Morgan fingerprint density at radius 3 is 2.32 bits per heavy atom. The third-order valence-corrected chi connectivity index (χ3v) is 4.96. The summed E-state index contributed by atoms with van der Waals surface area (Å²) in [6, 6.07) is 22.1. The molecule has 0 radical (unpaired) electrons. The SMILES string of the molecule is Cc1cc(-n2c(CC#N)nc3ccccc32)n2c(nc3ccccc32)c1C#N. The minimum absolute atomic E-state index is 0.182. The lowest BCUT2D eigenvalue weighted by molar-refractivity contribution is 0.906. The van der Waals surface area contributed by atoms with Gasteiger partial charge in [0.05, 0.1) is 40.1 Å². The number of nitriles is 2. The van der Waals surface area contributed by atoms with Crippen LogP contribution in [0.4, 0.5) is 0 Å². The summed E-state index contributed by atoms with van der Waals surface area (Å²) in [6.07, 6.45) is 0.182. The van der Waals surface area contributed by atoms with Crippen LogP contribution >= 0.6 is 0 Å². The standard InChI is InChI=1S/C22H14N6/c1-14-12-21(27-18-8-4-2-6-16(18)25-20(27)10-11-23)28-19-9-5-3-7-17(19)26-22(28)15(14)13-24/h2-9,12H,10H2,1H3. The average molecular weight is 362 g/mol. The highest BCUT2D eigenvalue weighted by molar-refractivity contribution is 5.85. The van der Waals surface area contributed by atoms with Gasteiger partial charge in [0, 0.05) is 0 Å². The number of fused-ring (bicyclic) bond motifs is 4. The molecule has 0 bridgehead atoms. The fourth-order valence-corrected chi connectivity index (χ4v) is 3.76. The van der Waals surface area contributed by atoms with Gasteiger partial charge in [-0.05, 0) is 42.8 Å². The molecule has 0 amide bonds. The number of aromatic nitrogens is 4. The number of hydrogen-bond acceptors (Lipinski definition) is 4. The lowest BCUT2D eigenvalue weighted by atomic mass is 10.1. The molecule has 0 aliphatic rings. The Labute approximate surface area is 160 Å². The fraction of sp³-hybridized carbons (Fsp3) is 0.0909. The second-order valence-corrected chi connectivity index (χ2v) is 6.62. The molecular weight excluding hydrogens is 348 g/mol. The molecule has 6 nitrogen and oxygen atoms in total. The van der Waals surface area contributed by atoms with Gasteiger partial charge in [-0.3, -0.25) is 8.97 Å². The third-order valence-electron chi connectivity index (χ3n) is 4.96. The molecular formula is C22H14N6. The predicted octanol–water partition coefficient (Wildman–Crippen LogP) is 4.07. The molecule has 6 heteroatoms. The lowest BCUT2D eigenvalue weighted by Crippen LogP contribution is -2.08. The van der Waals surface area contributed by atoms with Gasteiger partial charge in [-0.2, -0.15) is 10.5 Å².